The molecule has 0 unspecified atom stereocenters. The Morgan fingerprint density at radius 2 is 1.69 bits per heavy atom. The van der Waals surface area contributed by atoms with Crippen molar-refractivity contribution < 1.29 is 9.53 Å². The molecule has 0 saturated heterocycles. The molecule has 4 heteroatoms. The Morgan fingerprint density at radius 3 is 2.27 bits per heavy atom. The van der Waals surface area contributed by atoms with Gasteiger partial charge in [0.15, 0.2) is 6.61 Å². The standard InChI is InChI=1S/C22H28BrNO2/c1-21(2,3)17-11-12-19(18(23)13-17)26-15-20(25)24-22(4,5)14-16-9-7-6-8-10-16/h6-13H,14-15H2,1-5H3,(H,24,25). The molecule has 2 rings (SSSR count). The molecule has 0 aliphatic heterocycles. The number of halogens is 1. The lowest BCUT2D eigenvalue weighted by molar-refractivity contribution is -0.124. The second-order valence-corrected chi connectivity index (χ2v) is 9.13. The van der Waals surface area contributed by atoms with Gasteiger partial charge in [-0.1, -0.05) is 57.2 Å². The highest BCUT2D eigenvalue weighted by Gasteiger charge is 2.21. The third kappa shape index (κ3) is 6.17. The van der Waals surface area contributed by atoms with Gasteiger partial charge in [0, 0.05) is 5.54 Å². The van der Waals surface area contributed by atoms with Crippen LogP contribution in [0.5, 0.6) is 5.75 Å². The summed E-state index contributed by atoms with van der Waals surface area (Å²) in [4.78, 5) is 12.3. The molecule has 2 aromatic carbocycles. The summed E-state index contributed by atoms with van der Waals surface area (Å²) in [6.07, 6.45) is 0.767. The van der Waals surface area contributed by atoms with Crippen molar-refractivity contribution in [2.24, 2.45) is 0 Å². The molecule has 26 heavy (non-hydrogen) atoms. The Hall–Kier alpha value is -1.81. The van der Waals surface area contributed by atoms with E-state index in [0.717, 1.165) is 10.9 Å². The van der Waals surface area contributed by atoms with E-state index in [1.807, 2.05) is 50.2 Å². The summed E-state index contributed by atoms with van der Waals surface area (Å²) in [5.74, 6) is 0.548. The number of ether oxygens (including phenoxy) is 1. The van der Waals surface area contributed by atoms with E-state index in [9.17, 15) is 4.79 Å². The number of benzene rings is 2. The summed E-state index contributed by atoms with van der Waals surface area (Å²) in [6, 6.07) is 16.1. The van der Waals surface area contributed by atoms with Gasteiger partial charge in [0.25, 0.3) is 5.91 Å². The molecule has 0 aliphatic rings. The predicted octanol–water partition coefficient (Wildman–Crippen LogP) is 5.26. The molecule has 1 amide bonds. The third-order valence-corrected chi connectivity index (χ3v) is 4.74. The van der Waals surface area contributed by atoms with Crippen molar-refractivity contribution in [1.29, 1.82) is 0 Å². The molecule has 0 fully saturated rings. The highest BCUT2D eigenvalue weighted by Crippen LogP contribution is 2.31. The lowest BCUT2D eigenvalue weighted by Crippen LogP contribution is -2.47. The summed E-state index contributed by atoms with van der Waals surface area (Å²) < 4.78 is 6.57. The number of hydrogen-bond donors (Lipinski definition) is 1. The quantitative estimate of drug-likeness (QED) is 0.695. The molecule has 0 heterocycles. The lowest BCUT2D eigenvalue weighted by atomic mass is 9.87. The van der Waals surface area contributed by atoms with Crippen molar-refractivity contribution in [3.63, 3.8) is 0 Å². The van der Waals surface area contributed by atoms with Crippen molar-refractivity contribution in [3.05, 3.63) is 64.1 Å². The Labute approximate surface area is 165 Å². The van der Waals surface area contributed by atoms with Crippen LogP contribution >= 0.6 is 15.9 Å². The maximum absolute atomic E-state index is 12.3. The average molecular weight is 418 g/mol. The van der Waals surface area contributed by atoms with E-state index in [0.29, 0.717) is 5.75 Å². The molecule has 1 N–H and O–H groups in total. The molecular formula is C22H28BrNO2. The van der Waals surface area contributed by atoms with Gasteiger partial charge >= 0.3 is 0 Å². The third-order valence-electron chi connectivity index (χ3n) is 4.12. The fraction of sp³-hybridized carbons (Fsp3) is 0.409. The van der Waals surface area contributed by atoms with Gasteiger partial charge in [-0.25, -0.2) is 0 Å². The number of carbonyl (C=O) groups is 1. The van der Waals surface area contributed by atoms with Gasteiger partial charge in [0.2, 0.25) is 0 Å². The Balaban J connectivity index is 1.92. The zero-order valence-corrected chi connectivity index (χ0v) is 17.8. The number of hydrogen-bond acceptors (Lipinski definition) is 2. The van der Waals surface area contributed by atoms with Gasteiger partial charge in [-0.05, 0) is 64.9 Å². The van der Waals surface area contributed by atoms with Crippen molar-refractivity contribution in [2.45, 2.75) is 52.0 Å². The first-order valence-corrected chi connectivity index (χ1v) is 9.64. The van der Waals surface area contributed by atoms with E-state index >= 15 is 0 Å². The molecule has 140 valence electrons. The Bertz CT molecular complexity index is 748. The van der Waals surface area contributed by atoms with Gasteiger partial charge < -0.3 is 10.1 Å². The summed E-state index contributed by atoms with van der Waals surface area (Å²) in [5.41, 5.74) is 2.14. The predicted molar refractivity (Wildman–Crippen MR) is 111 cm³/mol. The average Bonchev–Trinajstić information content (AvgIpc) is 2.52. The van der Waals surface area contributed by atoms with Crippen LogP contribution in [0.3, 0.4) is 0 Å². The summed E-state index contributed by atoms with van der Waals surface area (Å²) >= 11 is 3.54. The van der Waals surface area contributed by atoms with Crippen LogP contribution in [0.15, 0.2) is 53.0 Å². The molecule has 0 aromatic heterocycles. The molecule has 0 bridgehead atoms. The molecule has 0 aliphatic carbocycles. The first-order chi connectivity index (χ1) is 12.1. The minimum absolute atomic E-state index is 0.00825. The molecule has 0 spiro atoms. The van der Waals surface area contributed by atoms with E-state index in [4.69, 9.17) is 4.74 Å². The van der Waals surface area contributed by atoms with E-state index < -0.39 is 0 Å². The van der Waals surface area contributed by atoms with Gasteiger partial charge in [0.05, 0.1) is 4.47 Å². The summed E-state index contributed by atoms with van der Waals surface area (Å²) in [7, 11) is 0. The smallest absolute Gasteiger partial charge is 0.258 e. The van der Waals surface area contributed by atoms with Crippen LogP contribution < -0.4 is 10.1 Å². The highest BCUT2D eigenvalue weighted by atomic mass is 79.9. The van der Waals surface area contributed by atoms with Gasteiger partial charge in [-0.2, -0.15) is 0 Å². The number of nitrogens with one attached hydrogen (secondary N) is 1. The Kier molecular flexibility index (Phi) is 6.51. The minimum atomic E-state index is -0.338. The van der Waals surface area contributed by atoms with Crippen LogP contribution in [0.1, 0.15) is 45.7 Å². The van der Waals surface area contributed by atoms with Crippen molar-refractivity contribution in [3.8, 4) is 5.75 Å². The number of rotatable bonds is 6. The van der Waals surface area contributed by atoms with Gasteiger partial charge in [-0.3, -0.25) is 4.79 Å². The SMILES string of the molecule is CC(C)(Cc1ccccc1)NC(=O)COc1ccc(C(C)(C)C)cc1Br. The fourth-order valence-corrected chi connectivity index (χ4v) is 3.28. The van der Waals surface area contributed by atoms with Crippen molar-refractivity contribution in [2.75, 3.05) is 6.61 Å². The fourth-order valence-electron chi connectivity index (χ4n) is 2.79. The maximum atomic E-state index is 12.3. The maximum Gasteiger partial charge on any atom is 0.258 e. The van der Waals surface area contributed by atoms with E-state index in [2.05, 4.69) is 54.2 Å². The monoisotopic (exact) mass is 417 g/mol. The second-order valence-electron chi connectivity index (χ2n) is 8.28. The van der Waals surface area contributed by atoms with Crippen LogP contribution in [0, 0.1) is 0 Å². The highest BCUT2D eigenvalue weighted by molar-refractivity contribution is 9.10. The first kappa shape index (κ1) is 20.5. The Morgan fingerprint density at radius 1 is 1.04 bits per heavy atom. The van der Waals surface area contributed by atoms with Gasteiger partial charge in [0.1, 0.15) is 5.75 Å². The van der Waals surface area contributed by atoms with E-state index in [1.54, 1.807) is 0 Å². The molecular weight excluding hydrogens is 390 g/mol. The zero-order chi connectivity index (χ0) is 19.4. The van der Waals surface area contributed by atoms with Crippen LogP contribution in [-0.2, 0) is 16.6 Å². The van der Waals surface area contributed by atoms with Crippen LogP contribution in [0.25, 0.3) is 0 Å². The lowest BCUT2D eigenvalue weighted by Gasteiger charge is -2.26. The topological polar surface area (TPSA) is 38.3 Å². The molecule has 0 saturated carbocycles. The minimum Gasteiger partial charge on any atom is -0.483 e. The normalized spacial score (nSPS) is 11.9. The largest absolute Gasteiger partial charge is 0.483 e. The van der Waals surface area contributed by atoms with E-state index in [1.165, 1.54) is 11.1 Å². The number of amides is 1. The first-order valence-electron chi connectivity index (χ1n) is 8.85. The van der Waals surface area contributed by atoms with Gasteiger partial charge in [-0.15, -0.1) is 0 Å². The second kappa shape index (κ2) is 8.26. The van der Waals surface area contributed by atoms with Crippen molar-refractivity contribution >= 4 is 21.8 Å². The summed E-state index contributed by atoms with van der Waals surface area (Å²) in [6.45, 7) is 10.5. The van der Waals surface area contributed by atoms with E-state index in [-0.39, 0.29) is 23.5 Å². The van der Waals surface area contributed by atoms with Crippen LogP contribution in [0.4, 0.5) is 0 Å². The number of carbonyl (C=O) groups excluding carboxylic acids is 1. The molecule has 0 radical (unpaired) electrons. The molecule has 3 nitrogen and oxygen atoms in total. The molecule has 2 aromatic rings. The summed E-state index contributed by atoms with van der Waals surface area (Å²) in [5, 5.41) is 3.05. The zero-order valence-electron chi connectivity index (χ0n) is 16.2. The molecule has 0 atom stereocenters. The van der Waals surface area contributed by atoms with Crippen LogP contribution in [0.2, 0.25) is 0 Å². The van der Waals surface area contributed by atoms with Crippen LogP contribution in [-0.4, -0.2) is 18.1 Å². The van der Waals surface area contributed by atoms with Crippen molar-refractivity contribution in [1.82, 2.24) is 5.32 Å².